The molecule has 2 aromatic carbocycles. The van der Waals surface area contributed by atoms with Crippen LogP contribution in [0.5, 0.6) is 0 Å². The van der Waals surface area contributed by atoms with Crippen molar-refractivity contribution in [3.63, 3.8) is 0 Å². The van der Waals surface area contributed by atoms with Crippen LogP contribution in [0.4, 0.5) is 5.69 Å². The summed E-state index contributed by atoms with van der Waals surface area (Å²) in [6.07, 6.45) is 0.455. The first kappa shape index (κ1) is 14.4. The molecule has 5 heteroatoms. The summed E-state index contributed by atoms with van der Waals surface area (Å²) in [7, 11) is 0. The highest BCUT2D eigenvalue weighted by molar-refractivity contribution is 14.1. The molecule has 0 radical (unpaired) electrons. The van der Waals surface area contributed by atoms with E-state index in [9.17, 15) is 4.79 Å². The van der Waals surface area contributed by atoms with Crippen LogP contribution in [0.25, 0.3) is 0 Å². The highest BCUT2D eigenvalue weighted by Gasteiger charge is 2.20. The van der Waals surface area contributed by atoms with E-state index in [0.717, 1.165) is 31.0 Å². The molecule has 0 saturated heterocycles. The van der Waals surface area contributed by atoms with Crippen LogP contribution in [-0.4, -0.2) is 5.91 Å². The van der Waals surface area contributed by atoms with Crippen molar-refractivity contribution in [2.24, 2.45) is 0 Å². The van der Waals surface area contributed by atoms with Gasteiger partial charge >= 0.3 is 0 Å². The van der Waals surface area contributed by atoms with Gasteiger partial charge in [-0.25, -0.2) is 0 Å². The molecule has 1 N–H and O–H groups in total. The number of hydrogen-bond donors (Lipinski definition) is 1. The molecule has 1 aliphatic heterocycles. The number of carbonyl (C=O) groups is 1. The second kappa shape index (κ2) is 5.66. The third-order valence-corrected chi connectivity index (χ3v) is 5.91. The average molecular weight is 463 g/mol. The largest absolute Gasteiger partial charge is 0.326 e. The molecule has 0 aliphatic carbocycles. The highest BCUT2D eigenvalue weighted by Crippen LogP contribution is 2.36. The maximum atomic E-state index is 11.4. The third kappa shape index (κ3) is 2.73. The van der Waals surface area contributed by atoms with E-state index in [1.807, 2.05) is 24.3 Å². The lowest BCUT2D eigenvalue weighted by atomic mass is 10.0. The quantitative estimate of drug-likeness (QED) is 0.498. The molecule has 102 valence electrons. The van der Waals surface area contributed by atoms with Gasteiger partial charge in [0, 0.05) is 9.26 Å². The van der Waals surface area contributed by atoms with Crippen molar-refractivity contribution < 1.29 is 4.79 Å². The molecule has 1 amide bonds. The predicted octanol–water partition coefficient (Wildman–Crippen LogP) is 4.92. The zero-order chi connectivity index (χ0) is 14.3. The van der Waals surface area contributed by atoms with Crippen molar-refractivity contribution >= 4 is 61.7 Å². The van der Waals surface area contributed by atoms with Gasteiger partial charge in [0.2, 0.25) is 5.91 Å². The van der Waals surface area contributed by atoms with Crippen molar-refractivity contribution in [3.05, 3.63) is 61.7 Å². The van der Waals surface area contributed by atoms with Gasteiger partial charge in [0.1, 0.15) is 0 Å². The summed E-state index contributed by atoms with van der Waals surface area (Å²) in [6.45, 7) is 0. The first-order valence-corrected chi connectivity index (χ1v) is 8.43. The van der Waals surface area contributed by atoms with Crippen molar-refractivity contribution in [1.82, 2.24) is 0 Å². The maximum Gasteiger partial charge on any atom is 0.228 e. The smallest absolute Gasteiger partial charge is 0.228 e. The van der Waals surface area contributed by atoms with E-state index in [4.69, 9.17) is 11.6 Å². The van der Waals surface area contributed by atoms with E-state index >= 15 is 0 Å². The van der Waals surface area contributed by atoms with E-state index in [1.54, 1.807) is 0 Å². The number of nitrogens with one attached hydrogen (secondary N) is 1. The summed E-state index contributed by atoms with van der Waals surface area (Å²) in [6, 6.07) is 12.1. The minimum atomic E-state index is 0.0561. The van der Waals surface area contributed by atoms with E-state index in [0.29, 0.717) is 6.42 Å². The molecular formula is C15H10BrClINO. The first-order chi connectivity index (χ1) is 9.54. The Hall–Kier alpha value is -0.590. The van der Waals surface area contributed by atoms with Crippen molar-refractivity contribution in [1.29, 1.82) is 0 Å². The lowest BCUT2D eigenvalue weighted by Gasteiger charge is -2.13. The number of fused-ring (bicyclic) bond motifs is 1. The molecule has 3 rings (SSSR count). The summed E-state index contributed by atoms with van der Waals surface area (Å²) in [5.41, 5.74) is 4.19. The van der Waals surface area contributed by atoms with Gasteiger partial charge in [0.25, 0.3) is 0 Å². The lowest BCUT2D eigenvalue weighted by Crippen LogP contribution is -2.03. The molecule has 2 aromatic rings. The van der Waals surface area contributed by atoms with Gasteiger partial charge in [-0.1, -0.05) is 45.7 Å². The van der Waals surface area contributed by atoms with Crippen LogP contribution in [0.3, 0.4) is 0 Å². The van der Waals surface area contributed by atoms with Crippen LogP contribution in [-0.2, 0) is 11.2 Å². The topological polar surface area (TPSA) is 29.1 Å². The average Bonchev–Trinajstić information content (AvgIpc) is 2.80. The zero-order valence-corrected chi connectivity index (χ0v) is 14.8. The molecule has 1 heterocycles. The van der Waals surface area contributed by atoms with Crippen molar-refractivity contribution in [2.45, 2.75) is 11.2 Å². The molecule has 0 fully saturated rings. The lowest BCUT2D eigenvalue weighted by molar-refractivity contribution is -0.115. The van der Waals surface area contributed by atoms with E-state index < -0.39 is 0 Å². The van der Waals surface area contributed by atoms with E-state index in [-0.39, 0.29) is 10.7 Å². The normalized spacial score (nSPS) is 14.8. The molecule has 0 aromatic heterocycles. The molecular weight excluding hydrogens is 452 g/mol. The van der Waals surface area contributed by atoms with Gasteiger partial charge in [-0.3, -0.25) is 4.79 Å². The summed E-state index contributed by atoms with van der Waals surface area (Å²) < 4.78 is 1.04. The summed E-state index contributed by atoms with van der Waals surface area (Å²) in [4.78, 5) is 11.5. The summed E-state index contributed by atoms with van der Waals surface area (Å²) in [5.74, 6) is 0.0561. The number of carbonyl (C=O) groups excluding carboxylic acids is 1. The number of rotatable bonds is 2. The predicted molar refractivity (Wildman–Crippen MR) is 93.7 cm³/mol. The molecule has 1 aliphatic rings. The standard InChI is InChI=1S/C15H10BrClINO/c16-15(9-1-3-12(18)11(17)6-9)8-2-4-13-10(5-8)7-14(20)19-13/h1-6,15H,7H2,(H,19,20). The van der Waals surface area contributed by atoms with Gasteiger partial charge in [-0.05, 0) is 57.5 Å². The number of amides is 1. The van der Waals surface area contributed by atoms with Gasteiger partial charge in [0.05, 0.1) is 16.3 Å². The van der Waals surface area contributed by atoms with E-state index in [2.05, 4.69) is 56.0 Å². The van der Waals surface area contributed by atoms with Crippen LogP contribution >= 0.6 is 50.1 Å². The molecule has 0 bridgehead atoms. The Morgan fingerprint density at radius 1 is 1.20 bits per heavy atom. The number of hydrogen-bond acceptors (Lipinski definition) is 1. The van der Waals surface area contributed by atoms with Crippen LogP contribution in [0.1, 0.15) is 21.5 Å². The number of halogens is 3. The van der Waals surface area contributed by atoms with Gasteiger partial charge < -0.3 is 5.32 Å². The number of anilines is 1. The van der Waals surface area contributed by atoms with Crippen LogP contribution in [0.15, 0.2) is 36.4 Å². The second-order valence-electron chi connectivity index (χ2n) is 4.68. The van der Waals surface area contributed by atoms with Gasteiger partial charge in [-0.15, -0.1) is 0 Å². The molecule has 2 nitrogen and oxygen atoms in total. The highest BCUT2D eigenvalue weighted by atomic mass is 127. The molecule has 0 spiro atoms. The molecule has 0 saturated carbocycles. The molecule has 20 heavy (non-hydrogen) atoms. The Labute approximate surface area is 144 Å². The first-order valence-electron chi connectivity index (χ1n) is 6.06. The Morgan fingerprint density at radius 3 is 2.65 bits per heavy atom. The zero-order valence-electron chi connectivity index (χ0n) is 10.3. The number of benzene rings is 2. The monoisotopic (exact) mass is 461 g/mol. The van der Waals surface area contributed by atoms with Crippen LogP contribution < -0.4 is 5.32 Å². The number of alkyl halides is 1. The summed E-state index contributed by atoms with van der Waals surface area (Å²) >= 11 is 12.1. The Morgan fingerprint density at radius 2 is 1.90 bits per heavy atom. The molecule has 1 unspecified atom stereocenters. The molecule has 1 atom stereocenters. The minimum Gasteiger partial charge on any atom is -0.326 e. The Kier molecular flexibility index (Phi) is 4.06. The van der Waals surface area contributed by atoms with Gasteiger partial charge in [0.15, 0.2) is 0 Å². The fourth-order valence-corrected chi connectivity index (χ4v) is 3.36. The van der Waals surface area contributed by atoms with Gasteiger partial charge in [-0.2, -0.15) is 0 Å². The maximum absolute atomic E-state index is 11.4. The van der Waals surface area contributed by atoms with E-state index in [1.165, 1.54) is 0 Å². The van der Waals surface area contributed by atoms with Crippen LogP contribution in [0, 0.1) is 3.57 Å². The minimum absolute atomic E-state index is 0.0561. The third-order valence-electron chi connectivity index (χ3n) is 3.28. The van der Waals surface area contributed by atoms with Crippen molar-refractivity contribution in [3.8, 4) is 0 Å². The summed E-state index contributed by atoms with van der Waals surface area (Å²) in [5, 5.41) is 3.60. The second-order valence-corrected chi connectivity index (χ2v) is 7.16. The fraction of sp³-hybridized carbons (Fsp3) is 0.133. The fourth-order valence-electron chi connectivity index (χ4n) is 2.27. The Bertz CT molecular complexity index is 704. The van der Waals surface area contributed by atoms with Crippen LogP contribution in [0.2, 0.25) is 5.02 Å². The van der Waals surface area contributed by atoms with Crippen molar-refractivity contribution in [2.75, 3.05) is 5.32 Å². The SMILES string of the molecule is O=C1Cc2cc(C(Br)c3ccc(I)c(Cl)c3)ccc2N1. The Balaban J connectivity index is 1.94.